The summed E-state index contributed by atoms with van der Waals surface area (Å²) in [4.78, 5) is 0. The molecule has 0 aromatic heterocycles. The average molecular weight is 233 g/mol. The molecular formula is C16H27N. The number of aryl methyl sites for hydroxylation is 1. The molecular weight excluding hydrogens is 206 g/mol. The van der Waals surface area contributed by atoms with Crippen molar-refractivity contribution in [3.8, 4) is 0 Å². The fourth-order valence-electron chi connectivity index (χ4n) is 2.20. The molecule has 0 aliphatic heterocycles. The summed E-state index contributed by atoms with van der Waals surface area (Å²) >= 11 is 0. The van der Waals surface area contributed by atoms with E-state index in [1.165, 1.54) is 36.9 Å². The Balaban J connectivity index is 2.44. The third kappa shape index (κ3) is 5.76. The Labute approximate surface area is 107 Å². The molecule has 1 aromatic carbocycles. The van der Waals surface area contributed by atoms with Gasteiger partial charge in [0.2, 0.25) is 0 Å². The second-order valence-electron chi connectivity index (χ2n) is 5.48. The van der Waals surface area contributed by atoms with E-state index in [4.69, 9.17) is 0 Å². The standard InChI is InChI=1S/C16H27N/c1-5-6-7-15-8-10-16(11-9-15)17-14(4)12-13(2)3/h8-11,13-14,17H,5-7,12H2,1-4H3. The number of benzene rings is 1. The quantitative estimate of drug-likeness (QED) is 0.708. The van der Waals surface area contributed by atoms with Gasteiger partial charge in [0.25, 0.3) is 0 Å². The highest BCUT2D eigenvalue weighted by molar-refractivity contribution is 5.45. The summed E-state index contributed by atoms with van der Waals surface area (Å²) in [6, 6.07) is 9.47. The zero-order valence-corrected chi connectivity index (χ0v) is 11.8. The van der Waals surface area contributed by atoms with E-state index in [-0.39, 0.29) is 0 Å². The fourth-order valence-corrected chi connectivity index (χ4v) is 2.20. The predicted octanol–water partition coefficient (Wildman–Crippen LogP) is 4.88. The summed E-state index contributed by atoms with van der Waals surface area (Å²) in [6.45, 7) is 9.03. The smallest absolute Gasteiger partial charge is 0.0342 e. The van der Waals surface area contributed by atoms with Gasteiger partial charge in [0.05, 0.1) is 0 Å². The van der Waals surface area contributed by atoms with E-state index in [0.29, 0.717) is 6.04 Å². The Bertz CT molecular complexity index is 300. The van der Waals surface area contributed by atoms with Crippen molar-refractivity contribution < 1.29 is 0 Å². The van der Waals surface area contributed by atoms with Crippen molar-refractivity contribution in [2.24, 2.45) is 5.92 Å². The molecule has 1 unspecified atom stereocenters. The highest BCUT2D eigenvalue weighted by Gasteiger charge is 2.04. The summed E-state index contributed by atoms with van der Waals surface area (Å²) in [5.74, 6) is 0.751. The van der Waals surface area contributed by atoms with Gasteiger partial charge >= 0.3 is 0 Å². The van der Waals surface area contributed by atoms with Crippen molar-refractivity contribution in [2.45, 2.75) is 59.4 Å². The average Bonchev–Trinajstić information content (AvgIpc) is 2.27. The molecule has 1 rings (SSSR count). The van der Waals surface area contributed by atoms with Crippen molar-refractivity contribution in [1.29, 1.82) is 0 Å². The fraction of sp³-hybridized carbons (Fsp3) is 0.625. The molecule has 96 valence electrons. The van der Waals surface area contributed by atoms with E-state index in [2.05, 4.69) is 57.3 Å². The van der Waals surface area contributed by atoms with Gasteiger partial charge in [0.15, 0.2) is 0 Å². The van der Waals surface area contributed by atoms with Crippen molar-refractivity contribution in [2.75, 3.05) is 5.32 Å². The first kappa shape index (κ1) is 14.1. The molecule has 0 spiro atoms. The Morgan fingerprint density at radius 2 is 1.71 bits per heavy atom. The van der Waals surface area contributed by atoms with E-state index < -0.39 is 0 Å². The van der Waals surface area contributed by atoms with Crippen molar-refractivity contribution >= 4 is 5.69 Å². The first-order valence-corrected chi connectivity index (χ1v) is 6.97. The van der Waals surface area contributed by atoms with Crippen LogP contribution in [-0.2, 0) is 6.42 Å². The minimum atomic E-state index is 0.552. The molecule has 1 heteroatoms. The number of unbranched alkanes of at least 4 members (excludes halogenated alkanes) is 1. The minimum Gasteiger partial charge on any atom is -0.383 e. The monoisotopic (exact) mass is 233 g/mol. The third-order valence-corrected chi connectivity index (χ3v) is 3.01. The maximum Gasteiger partial charge on any atom is 0.0342 e. The summed E-state index contributed by atoms with van der Waals surface area (Å²) in [5.41, 5.74) is 2.70. The Kier molecular flexibility index (Phi) is 6.10. The van der Waals surface area contributed by atoms with E-state index >= 15 is 0 Å². The zero-order chi connectivity index (χ0) is 12.7. The first-order valence-electron chi connectivity index (χ1n) is 6.97. The molecule has 17 heavy (non-hydrogen) atoms. The maximum atomic E-state index is 3.56. The second-order valence-corrected chi connectivity index (χ2v) is 5.48. The van der Waals surface area contributed by atoms with Gasteiger partial charge in [0.1, 0.15) is 0 Å². The molecule has 0 aliphatic carbocycles. The van der Waals surface area contributed by atoms with E-state index in [1.54, 1.807) is 0 Å². The highest BCUT2D eigenvalue weighted by atomic mass is 14.9. The van der Waals surface area contributed by atoms with Crippen LogP contribution in [0.2, 0.25) is 0 Å². The molecule has 1 atom stereocenters. The number of hydrogen-bond donors (Lipinski definition) is 1. The van der Waals surface area contributed by atoms with Gasteiger partial charge < -0.3 is 5.32 Å². The topological polar surface area (TPSA) is 12.0 Å². The third-order valence-electron chi connectivity index (χ3n) is 3.01. The van der Waals surface area contributed by atoms with Crippen LogP contribution in [0.3, 0.4) is 0 Å². The first-order chi connectivity index (χ1) is 8.11. The Hall–Kier alpha value is -0.980. The number of anilines is 1. The van der Waals surface area contributed by atoms with Gasteiger partial charge in [-0.05, 0) is 49.8 Å². The Morgan fingerprint density at radius 3 is 2.24 bits per heavy atom. The van der Waals surface area contributed by atoms with Gasteiger partial charge in [-0.25, -0.2) is 0 Å². The molecule has 0 radical (unpaired) electrons. The summed E-state index contributed by atoms with van der Waals surface area (Å²) < 4.78 is 0. The zero-order valence-electron chi connectivity index (χ0n) is 11.8. The predicted molar refractivity (Wildman–Crippen MR) is 77.6 cm³/mol. The molecule has 0 fully saturated rings. The van der Waals surface area contributed by atoms with Crippen molar-refractivity contribution in [3.05, 3.63) is 29.8 Å². The molecule has 0 aliphatic rings. The van der Waals surface area contributed by atoms with Crippen LogP contribution < -0.4 is 5.32 Å². The largest absolute Gasteiger partial charge is 0.383 e. The summed E-state index contributed by atoms with van der Waals surface area (Å²) in [6.07, 6.45) is 4.98. The van der Waals surface area contributed by atoms with E-state index in [0.717, 1.165) is 5.92 Å². The normalized spacial score (nSPS) is 12.8. The van der Waals surface area contributed by atoms with Crippen molar-refractivity contribution in [3.63, 3.8) is 0 Å². The van der Waals surface area contributed by atoms with Gasteiger partial charge in [-0.15, -0.1) is 0 Å². The molecule has 0 saturated carbocycles. The van der Waals surface area contributed by atoms with Crippen LogP contribution in [0, 0.1) is 5.92 Å². The number of hydrogen-bond acceptors (Lipinski definition) is 1. The van der Waals surface area contributed by atoms with Crippen LogP contribution in [0.5, 0.6) is 0 Å². The molecule has 1 aromatic rings. The SMILES string of the molecule is CCCCc1ccc(NC(C)CC(C)C)cc1. The summed E-state index contributed by atoms with van der Waals surface area (Å²) in [7, 11) is 0. The van der Waals surface area contributed by atoms with Gasteiger partial charge in [-0.2, -0.15) is 0 Å². The van der Waals surface area contributed by atoms with Gasteiger partial charge in [-0.3, -0.25) is 0 Å². The molecule has 0 saturated heterocycles. The molecule has 0 heterocycles. The lowest BCUT2D eigenvalue weighted by Gasteiger charge is -2.17. The van der Waals surface area contributed by atoms with Crippen LogP contribution in [-0.4, -0.2) is 6.04 Å². The minimum absolute atomic E-state index is 0.552. The lowest BCUT2D eigenvalue weighted by atomic mass is 10.0. The van der Waals surface area contributed by atoms with E-state index in [1.807, 2.05) is 0 Å². The molecule has 0 bridgehead atoms. The molecule has 1 nitrogen and oxygen atoms in total. The van der Waals surface area contributed by atoms with Gasteiger partial charge in [-0.1, -0.05) is 39.3 Å². The second kappa shape index (κ2) is 7.37. The van der Waals surface area contributed by atoms with Crippen LogP contribution in [0.15, 0.2) is 24.3 Å². The van der Waals surface area contributed by atoms with Crippen LogP contribution in [0.1, 0.15) is 52.5 Å². The van der Waals surface area contributed by atoms with E-state index in [9.17, 15) is 0 Å². The number of rotatable bonds is 7. The summed E-state index contributed by atoms with van der Waals surface area (Å²) in [5, 5.41) is 3.56. The maximum absolute atomic E-state index is 3.56. The van der Waals surface area contributed by atoms with Crippen LogP contribution in [0.25, 0.3) is 0 Å². The van der Waals surface area contributed by atoms with Crippen LogP contribution in [0.4, 0.5) is 5.69 Å². The van der Waals surface area contributed by atoms with Crippen molar-refractivity contribution in [1.82, 2.24) is 0 Å². The van der Waals surface area contributed by atoms with Gasteiger partial charge in [0, 0.05) is 11.7 Å². The highest BCUT2D eigenvalue weighted by Crippen LogP contribution is 2.15. The molecule has 0 amide bonds. The molecule has 1 N–H and O–H groups in total. The lowest BCUT2D eigenvalue weighted by Crippen LogP contribution is -2.17. The van der Waals surface area contributed by atoms with Crippen LogP contribution >= 0.6 is 0 Å². The number of nitrogens with one attached hydrogen (secondary N) is 1. The Morgan fingerprint density at radius 1 is 1.06 bits per heavy atom. The lowest BCUT2D eigenvalue weighted by molar-refractivity contribution is 0.540.